The third-order valence-electron chi connectivity index (χ3n) is 2.99. The summed E-state index contributed by atoms with van der Waals surface area (Å²) in [6, 6.07) is 2.75. The van der Waals surface area contributed by atoms with E-state index >= 15 is 0 Å². The second kappa shape index (κ2) is 4.50. The molecule has 0 N–H and O–H groups in total. The predicted octanol–water partition coefficient (Wildman–Crippen LogP) is 3.00. The second-order valence-corrected chi connectivity index (χ2v) is 4.14. The summed E-state index contributed by atoms with van der Waals surface area (Å²) in [4.78, 5) is 5.61. The Bertz CT molecular complexity index is 366. The molecule has 0 atom stereocenters. The Morgan fingerprint density at radius 3 is 2.29 bits per heavy atom. The molecule has 0 spiro atoms. The molecule has 1 fully saturated rings. The first-order valence-corrected chi connectivity index (χ1v) is 5.40. The smallest absolute Gasteiger partial charge is 0.357 e. The van der Waals surface area contributed by atoms with Crippen molar-refractivity contribution in [2.24, 2.45) is 5.92 Å². The molecule has 6 heteroatoms. The van der Waals surface area contributed by atoms with Crippen LogP contribution in [-0.4, -0.2) is 24.2 Å². The van der Waals surface area contributed by atoms with E-state index in [1.165, 1.54) is 12.1 Å². The maximum Gasteiger partial charge on any atom is 0.391 e. The van der Waals surface area contributed by atoms with Gasteiger partial charge < -0.3 is 4.90 Å². The van der Waals surface area contributed by atoms with Gasteiger partial charge in [-0.2, -0.15) is 13.2 Å². The van der Waals surface area contributed by atoms with Gasteiger partial charge in [-0.1, -0.05) is 0 Å². The molecule has 1 aliphatic rings. The van der Waals surface area contributed by atoms with Gasteiger partial charge in [-0.25, -0.2) is 9.37 Å². The highest BCUT2D eigenvalue weighted by Gasteiger charge is 2.41. The molecule has 0 aromatic carbocycles. The van der Waals surface area contributed by atoms with Crippen LogP contribution in [0.3, 0.4) is 0 Å². The van der Waals surface area contributed by atoms with E-state index in [1.54, 1.807) is 4.90 Å². The van der Waals surface area contributed by atoms with E-state index in [2.05, 4.69) is 4.98 Å². The van der Waals surface area contributed by atoms with Crippen LogP contribution in [-0.2, 0) is 0 Å². The Hall–Kier alpha value is -1.33. The molecule has 17 heavy (non-hydrogen) atoms. The van der Waals surface area contributed by atoms with Gasteiger partial charge in [-0.15, -0.1) is 0 Å². The quantitative estimate of drug-likeness (QED) is 0.710. The van der Waals surface area contributed by atoms with Crippen LogP contribution in [0.2, 0.25) is 0 Å². The first-order chi connectivity index (χ1) is 7.97. The third kappa shape index (κ3) is 2.87. The standard InChI is InChI=1S/C11H12F4N2/c12-9-1-2-10(16-7-9)17-5-3-8(4-6-17)11(13,14)15/h1-2,7-8H,3-6H2. The first kappa shape index (κ1) is 12.1. The maximum atomic E-state index is 12.6. The van der Waals surface area contributed by atoms with Gasteiger partial charge in [0.15, 0.2) is 0 Å². The maximum absolute atomic E-state index is 12.6. The summed E-state index contributed by atoms with van der Waals surface area (Å²) in [7, 11) is 0. The first-order valence-electron chi connectivity index (χ1n) is 5.40. The number of rotatable bonds is 1. The molecule has 0 aliphatic carbocycles. The minimum absolute atomic E-state index is 0.0720. The zero-order valence-corrected chi connectivity index (χ0v) is 9.04. The van der Waals surface area contributed by atoms with E-state index in [0.717, 1.165) is 6.20 Å². The zero-order chi connectivity index (χ0) is 12.5. The van der Waals surface area contributed by atoms with Crippen molar-refractivity contribution in [3.63, 3.8) is 0 Å². The fourth-order valence-corrected chi connectivity index (χ4v) is 1.99. The van der Waals surface area contributed by atoms with Crippen molar-refractivity contribution < 1.29 is 17.6 Å². The van der Waals surface area contributed by atoms with E-state index in [0.29, 0.717) is 18.9 Å². The number of pyridine rings is 1. The largest absolute Gasteiger partial charge is 0.391 e. The molecule has 1 aromatic heterocycles. The lowest BCUT2D eigenvalue weighted by Crippen LogP contribution is -2.39. The summed E-state index contributed by atoms with van der Waals surface area (Å²) in [5.74, 6) is -1.13. The number of nitrogens with zero attached hydrogens (tertiary/aromatic N) is 2. The lowest BCUT2D eigenvalue weighted by molar-refractivity contribution is -0.179. The third-order valence-corrected chi connectivity index (χ3v) is 2.99. The highest BCUT2D eigenvalue weighted by molar-refractivity contribution is 5.38. The molecule has 94 valence electrons. The molecule has 1 aromatic rings. The van der Waals surface area contributed by atoms with Gasteiger partial charge in [0.05, 0.1) is 12.1 Å². The van der Waals surface area contributed by atoms with E-state index in [1.807, 2.05) is 0 Å². The van der Waals surface area contributed by atoms with Crippen LogP contribution >= 0.6 is 0 Å². The van der Waals surface area contributed by atoms with Gasteiger partial charge in [0, 0.05) is 13.1 Å². The lowest BCUT2D eigenvalue weighted by atomic mass is 9.96. The molecule has 0 unspecified atom stereocenters. The molecule has 2 nitrogen and oxygen atoms in total. The number of halogens is 4. The van der Waals surface area contributed by atoms with Crippen molar-refractivity contribution in [2.45, 2.75) is 19.0 Å². The Morgan fingerprint density at radius 2 is 1.82 bits per heavy atom. The molecule has 0 bridgehead atoms. The van der Waals surface area contributed by atoms with Crippen molar-refractivity contribution in [2.75, 3.05) is 18.0 Å². The van der Waals surface area contributed by atoms with Gasteiger partial charge in [0.25, 0.3) is 0 Å². The Balaban J connectivity index is 1.97. The van der Waals surface area contributed by atoms with Crippen molar-refractivity contribution in [3.8, 4) is 0 Å². The minimum atomic E-state index is -4.11. The SMILES string of the molecule is Fc1ccc(N2CCC(C(F)(F)F)CC2)nc1. The summed E-state index contributed by atoms with van der Waals surface area (Å²) >= 11 is 0. The normalized spacial score (nSPS) is 18.5. The summed E-state index contributed by atoms with van der Waals surface area (Å²) in [6.45, 7) is 0.617. The fourth-order valence-electron chi connectivity index (χ4n) is 1.99. The molecular weight excluding hydrogens is 236 g/mol. The van der Waals surface area contributed by atoms with Crippen LogP contribution in [0.1, 0.15) is 12.8 Å². The fraction of sp³-hybridized carbons (Fsp3) is 0.545. The van der Waals surface area contributed by atoms with E-state index < -0.39 is 17.9 Å². The molecule has 1 saturated heterocycles. The van der Waals surface area contributed by atoms with Crippen LogP contribution < -0.4 is 4.90 Å². The van der Waals surface area contributed by atoms with Crippen molar-refractivity contribution in [3.05, 3.63) is 24.1 Å². The lowest BCUT2D eigenvalue weighted by Gasteiger charge is -2.33. The second-order valence-electron chi connectivity index (χ2n) is 4.14. The summed E-state index contributed by atoms with van der Waals surface area (Å²) < 4.78 is 50.0. The van der Waals surface area contributed by atoms with Gasteiger partial charge in [0.2, 0.25) is 0 Å². The van der Waals surface area contributed by atoms with Crippen LogP contribution in [0, 0.1) is 11.7 Å². The number of piperidine rings is 1. The van der Waals surface area contributed by atoms with Crippen molar-refractivity contribution in [1.29, 1.82) is 0 Å². The highest BCUT2D eigenvalue weighted by atomic mass is 19.4. The molecule has 1 aliphatic heterocycles. The van der Waals surface area contributed by atoms with Gasteiger partial charge in [-0.3, -0.25) is 0 Å². The average molecular weight is 248 g/mol. The topological polar surface area (TPSA) is 16.1 Å². The highest BCUT2D eigenvalue weighted by Crippen LogP contribution is 2.34. The van der Waals surface area contributed by atoms with Crippen LogP contribution in [0.4, 0.5) is 23.4 Å². The van der Waals surface area contributed by atoms with E-state index in [-0.39, 0.29) is 12.8 Å². The average Bonchev–Trinajstić information content (AvgIpc) is 2.29. The van der Waals surface area contributed by atoms with E-state index in [9.17, 15) is 17.6 Å². The van der Waals surface area contributed by atoms with Crippen LogP contribution in [0.15, 0.2) is 18.3 Å². The molecule has 0 amide bonds. The molecular formula is C11H12F4N2. The predicted molar refractivity (Wildman–Crippen MR) is 55.2 cm³/mol. The molecule has 0 saturated carbocycles. The summed E-state index contributed by atoms with van der Waals surface area (Å²) in [6.07, 6.45) is -2.89. The Kier molecular flexibility index (Phi) is 3.22. The number of alkyl halides is 3. The van der Waals surface area contributed by atoms with Crippen LogP contribution in [0.5, 0.6) is 0 Å². The number of hydrogen-bond donors (Lipinski definition) is 0. The molecule has 0 radical (unpaired) electrons. The number of aromatic nitrogens is 1. The minimum Gasteiger partial charge on any atom is -0.357 e. The summed E-state index contributed by atoms with van der Waals surface area (Å²) in [5.41, 5.74) is 0. The van der Waals surface area contributed by atoms with Crippen LogP contribution in [0.25, 0.3) is 0 Å². The zero-order valence-electron chi connectivity index (χ0n) is 9.04. The Labute approximate surface area is 96.3 Å². The van der Waals surface area contributed by atoms with Gasteiger partial charge in [-0.05, 0) is 25.0 Å². The van der Waals surface area contributed by atoms with Gasteiger partial charge >= 0.3 is 6.18 Å². The van der Waals surface area contributed by atoms with Gasteiger partial charge in [0.1, 0.15) is 11.6 Å². The number of anilines is 1. The molecule has 2 rings (SSSR count). The molecule has 2 heterocycles. The van der Waals surface area contributed by atoms with Crippen molar-refractivity contribution in [1.82, 2.24) is 4.98 Å². The van der Waals surface area contributed by atoms with Crippen molar-refractivity contribution >= 4 is 5.82 Å². The Morgan fingerprint density at radius 1 is 1.18 bits per heavy atom. The van der Waals surface area contributed by atoms with E-state index in [4.69, 9.17) is 0 Å². The summed E-state index contributed by atoms with van der Waals surface area (Å²) in [5, 5.41) is 0. The number of hydrogen-bond acceptors (Lipinski definition) is 2. The monoisotopic (exact) mass is 248 g/mol.